The van der Waals surface area contributed by atoms with E-state index >= 15 is 0 Å². The van der Waals surface area contributed by atoms with Crippen molar-refractivity contribution in [1.29, 1.82) is 0 Å². The number of benzene rings is 2. The molecular weight excluding hydrogens is 290 g/mol. The average molecular weight is 307 g/mol. The summed E-state index contributed by atoms with van der Waals surface area (Å²) in [5, 5.41) is 10.1. The summed E-state index contributed by atoms with van der Waals surface area (Å²) < 4.78 is 29.5. The molecule has 0 aromatic heterocycles. The number of methoxy groups -OCH3 is 1. The summed E-state index contributed by atoms with van der Waals surface area (Å²) in [6.45, 7) is 0. The Morgan fingerprint density at radius 3 is 2.43 bits per heavy atom. The van der Waals surface area contributed by atoms with E-state index in [2.05, 4.69) is 0 Å². The predicted octanol–water partition coefficient (Wildman–Crippen LogP) is 1.78. The van der Waals surface area contributed by atoms with Gasteiger partial charge < -0.3 is 15.6 Å². The van der Waals surface area contributed by atoms with Crippen LogP contribution in [0.4, 0.5) is 5.69 Å². The molecule has 0 aliphatic heterocycles. The zero-order valence-corrected chi connectivity index (χ0v) is 12.4. The summed E-state index contributed by atoms with van der Waals surface area (Å²) in [5.74, 6) is 0.174. The predicted molar refractivity (Wildman–Crippen MR) is 80.9 cm³/mol. The van der Waals surface area contributed by atoms with Gasteiger partial charge in [-0.05, 0) is 42.0 Å². The highest BCUT2D eigenvalue weighted by atomic mass is 32.2. The number of rotatable bonds is 5. The van der Waals surface area contributed by atoms with Crippen LogP contribution in [0, 0.1) is 0 Å². The number of aliphatic hydroxyl groups is 1. The third-order valence-corrected chi connectivity index (χ3v) is 4.84. The Bertz CT molecular complexity index is 711. The van der Waals surface area contributed by atoms with Crippen LogP contribution in [0.2, 0.25) is 0 Å². The van der Waals surface area contributed by atoms with Gasteiger partial charge in [0.15, 0.2) is 9.84 Å². The van der Waals surface area contributed by atoms with Gasteiger partial charge in [0.1, 0.15) is 5.75 Å². The van der Waals surface area contributed by atoms with Gasteiger partial charge in [-0.25, -0.2) is 8.42 Å². The number of nitrogens with two attached hydrogens (primary N) is 1. The average Bonchev–Trinajstić information content (AvgIpc) is 2.47. The lowest BCUT2D eigenvalue weighted by Crippen LogP contribution is -2.15. The van der Waals surface area contributed by atoms with Gasteiger partial charge in [-0.3, -0.25) is 0 Å². The van der Waals surface area contributed by atoms with Gasteiger partial charge in [0.05, 0.1) is 23.9 Å². The number of nitrogen functional groups attached to an aromatic ring is 1. The van der Waals surface area contributed by atoms with E-state index in [0.29, 0.717) is 17.0 Å². The van der Waals surface area contributed by atoms with Crippen molar-refractivity contribution in [1.82, 2.24) is 0 Å². The molecule has 3 N–H and O–H groups in total. The molecular formula is C15H17NO4S. The normalized spacial score (nSPS) is 12.9. The van der Waals surface area contributed by atoms with Crippen LogP contribution in [0.5, 0.6) is 5.75 Å². The van der Waals surface area contributed by atoms with Gasteiger partial charge in [0.25, 0.3) is 0 Å². The van der Waals surface area contributed by atoms with Crippen molar-refractivity contribution < 1.29 is 18.3 Å². The molecule has 0 saturated heterocycles. The maximum atomic E-state index is 12.3. The lowest BCUT2D eigenvalue weighted by atomic mass is 10.1. The molecule has 0 aliphatic carbocycles. The molecule has 0 spiro atoms. The Balaban J connectivity index is 2.20. The Labute approximate surface area is 123 Å². The lowest BCUT2D eigenvalue weighted by Gasteiger charge is -2.12. The molecule has 0 amide bonds. The fourth-order valence-electron chi connectivity index (χ4n) is 1.95. The summed E-state index contributed by atoms with van der Waals surface area (Å²) in [6.07, 6.45) is -1.12. The smallest absolute Gasteiger partial charge is 0.181 e. The lowest BCUT2D eigenvalue weighted by molar-refractivity contribution is 0.201. The van der Waals surface area contributed by atoms with Crippen molar-refractivity contribution in [2.24, 2.45) is 0 Å². The molecule has 21 heavy (non-hydrogen) atoms. The van der Waals surface area contributed by atoms with Crippen LogP contribution in [0.1, 0.15) is 11.7 Å². The molecule has 2 rings (SSSR count). The van der Waals surface area contributed by atoms with Crippen molar-refractivity contribution in [3.05, 3.63) is 54.1 Å². The minimum absolute atomic E-state index is 0.145. The fraction of sp³-hybridized carbons (Fsp3) is 0.200. The van der Waals surface area contributed by atoms with Crippen LogP contribution in [0.3, 0.4) is 0 Å². The number of ether oxygens (including phenoxy) is 1. The molecule has 0 radical (unpaired) electrons. The van der Waals surface area contributed by atoms with E-state index in [-0.39, 0.29) is 4.90 Å². The van der Waals surface area contributed by atoms with Crippen molar-refractivity contribution in [3.63, 3.8) is 0 Å². The van der Waals surface area contributed by atoms with Crippen molar-refractivity contribution in [2.75, 3.05) is 18.6 Å². The number of hydrogen-bond donors (Lipinski definition) is 2. The van der Waals surface area contributed by atoms with Crippen LogP contribution in [-0.2, 0) is 9.84 Å². The SMILES string of the molecule is COc1ccc(S(=O)(=O)CC(O)c2cccc(N)c2)cc1. The fourth-order valence-corrected chi connectivity index (χ4v) is 3.30. The van der Waals surface area contributed by atoms with E-state index < -0.39 is 21.7 Å². The van der Waals surface area contributed by atoms with Crippen LogP contribution < -0.4 is 10.5 Å². The molecule has 2 aromatic rings. The van der Waals surface area contributed by atoms with Crippen molar-refractivity contribution >= 4 is 15.5 Å². The van der Waals surface area contributed by atoms with Crippen LogP contribution in [0.15, 0.2) is 53.4 Å². The Morgan fingerprint density at radius 2 is 1.86 bits per heavy atom. The minimum Gasteiger partial charge on any atom is -0.497 e. The first kappa shape index (κ1) is 15.3. The van der Waals surface area contributed by atoms with E-state index in [0.717, 1.165) is 0 Å². The maximum absolute atomic E-state index is 12.3. The van der Waals surface area contributed by atoms with E-state index in [1.165, 1.54) is 19.2 Å². The molecule has 1 atom stereocenters. The Hall–Kier alpha value is -2.05. The highest BCUT2D eigenvalue weighted by molar-refractivity contribution is 7.91. The first-order valence-electron chi connectivity index (χ1n) is 6.33. The highest BCUT2D eigenvalue weighted by Crippen LogP contribution is 2.22. The van der Waals surface area contributed by atoms with Gasteiger partial charge in [-0.2, -0.15) is 0 Å². The number of hydrogen-bond acceptors (Lipinski definition) is 5. The molecule has 0 aliphatic rings. The zero-order chi connectivity index (χ0) is 15.5. The van der Waals surface area contributed by atoms with Gasteiger partial charge in [-0.15, -0.1) is 0 Å². The number of sulfone groups is 1. The summed E-state index contributed by atoms with van der Waals surface area (Å²) >= 11 is 0. The minimum atomic E-state index is -3.59. The van der Waals surface area contributed by atoms with E-state index in [1.54, 1.807) is 36.4 Å². The summed E-state index contributed by atoms with van der Waals surface area (Å²) in [6, 6.07) is 12.6. The zero-order valence-electron chi connectivity index (χ0n) is 11.6. The molecule has 6 heteroatoms. The standard InChI is InChI=1S/C15H17NO4S/c1-20-13-5-7-14(8-6-13)21(18,19)10-15(17)11-3-2-4-12(16)9-11/h2-9,15,17H,10,16H2,1H3. The summed E-state index contributed by atoms with van der Waals surface area (Å²) in [5.41, 5.74) is 6.59. The monoisotopic (exact) mass is 307 g/mol. The quantitative estimate of drug-likeness (QED) is 0.822. The highest BCUT2D eigenvalue weighted by Gasteiger charge is 2.21. The van der Waals surface area contributed by atoms with Gasteiger partial charge in [-0.1, -0.05) is 12.1 Å². The number of aliphatic hydroxyl groups excluding tert-OH is 1. The van der Waals surface area contributed by atoms with Gasteiger partial charge in [0.2, 0.25) is 0 Å². The summed E-state index contributed by atoms with van der Waals surface area (Å²) in [7, 11) is -2.08. The third-order valence-electron chi connectivity index (χ3n) is 3.09. The molecule has 0 heterocycles. The molecule has 0 bridgehead atoms. The second-order valence-corrected chi connectivity index (χ2v) is 6.68. The first-order valence-corrected chi connectivity index (χ1v) is 7.98. The summed E-state index contributed by atoms with van der Waals surface area (Å²) in [4.78, 5) is 0.145. The first-order chi connectivity index (χ1) is 9.92. The molecule has 0 fully saturated rings. The topological polar surface area (TPSA) is 89.6 Å². The second-order valence-electron chi connectivity index (χ2n) is 4.64. The molecule has 0 saturated carbocycles. The van der Waals surface area contributed by atoms with Gasteiger partial charge in [0, 0.05) is 5.69 Å². The van der Waals surface area contributed by atoms with E-state index in [9.17, 15) is 13.5 Å². The number of anilines is 1. The van der Waals surface area contributed by atoms with Gasteiger partial charge >= 0.3 is 0 Å². The molecule has 1 unspecified atom stereocenters. The molecule has 5 nitrogen and oxygen atoms in total. The Morgan fingerprint density at radius 1 is 1.19 bits per heavy atom. The van der Waals surface area contributed by atoms with Crippen LogP contribution in [-0.4, -0.2) is 26.4 Å². The van der Waals surface area contributed by atoms with E-state index in [4.69, 9.17) is 10.5 Å². The van der Waals surface area contributed by atoms with Crippen molar-refractivity contribution in [2.45, 2.75) is 11.0 Å². The van der Waals surface area contributed by atoms with Crippen molar-refractivity contribution in [3.8, 4) is 5.75 Å². The second kappa shape index (κ2) is 6.15. The largest absolute Gasteiger partial charge is 0.497 e. The van der Waals surface area contributed by atoms with Crippen LogP contribution in [0.25, 0.3) is 0 Å². The molecule has 2 aromatic carbocycles. The maximum Gasteiger partial charge on any atom is 0.181 e. The van der Waals surface area contributed by atoms with Crippen LogP contribution >= 0.6 is 0 Å². The Kier molecular flexibility index (Phi) is 4.50. The third kappa shape index (κ3) is 3.74. The molecule has 112 valence electrons. The van der Waals surface area contributed by atoms with E-state index in [1.807, 2.05) is 0 Å².